The largest absolute Gasteiger partial charge is 0.241 e. The van der Waals surface area contributed by atoms with Crippen molar-refractivity contribution in [3.63, 3.8) is 0 Å². The zero-order chi connectivity index (χ0) is 11.8. The van der Waals surface area contributed by atoms with Crippen LogP contribution in [0.5, 0.6) is 0 Å². The van der Waals surface area contributed by atoms with Gasteiger partial charge in [-0.05, 0) is 11.0 Å². The molecule has 4 heteroatoms. The first-order valence-electron chi connectivity index (χ1n) is 5.27. The van der Waals surface area contributed by atoms with Crippen molar-refractivity contribution >= 4 is 5.84 Å². The van der Waals surface area contributed by atoms with Crippen LogP contribution in [0.15, 0.2) is 39.7 Å². The topological polar surface area (TPSA) is 41.5 Å². The summed E-state index contributed by atoms with van der Waals surface area (Å²) in [4.78, 5) is 0. The Hall–Kier alpha value is -1.55. The van der Waals surface area contributed by atoms with E-state index < -0.39 is 0 Å². The molecule has 1 aromatic rings. The lowest BCUT2D eigenvalue weighted by atomic mass is 9.87. The van der Waals surface area contributed by atoms with Crippen LogP contribution in [-0.4, -0.2) is 5.84 Å². The molecule has 4 nitrogen and oxygen atoms in total. The van der Waals surface area contributed by atoms with Gasteiger partial charge in [0.15, 0.2) is 0 Å². The van der Waals surface area contributed by atoms with Gasteiger partial charge in [-0.25, -0.2) is 0 Å². The van der Waals surface area contributed by atoms with E-state index in [-0.39, 0.29) is 5.41 Å². The molecule has 0 spiro atoms. The van der Waals surface area contributed by atoms with E-state index in [1.54, 1.807) is 0 Å². The second-order valence-electron chi connectivity index (χ2n) is 4.88. The molecule has 2 rings (SSSR count). The Kier molecular flexibility index (Phi) is 2.59. The predicted molar refractivity (Wildman–Crippen MR) is 62.9 cm³/mol. The van der Waals surface area contributed by atoms with E-state index in [0.717, 1.165) is 5.56 Å². The molecule has 1 aromatic carbocycles. The molecule has 0 aliphatic carbocycles. The Balaban J connectivity index is 2.27. The number of rotatable bonds is 1. The summed E-state index contributed by atoms with van der Waals surface area (Å²) in [7, 11) is 3.64. The average Bonchev–Trinajstić information content (AvgIpc) is 2.64. The summed E-state index contributed by atoms with van der Waals surface area (Å²) >= 11 is 0. The van der Waals surface area contributed by atoms with Crippen LogP contribution >= 0.6 is 0 Å². The van der Waals surface area contributed by atoms with Gasteiger partial charge >= 0.3 is 0 Å². The van der Waals surface area contributed by atoms with Crippen molar-refractivity contribution in [1.82, 2.24) is 0 Å². The van der Waals surface area contributed by atoms with Gasteiger partial charge in [0.1, 0.15) is 0 Å². The van der Waals surface area contributed by atoms with Crippen molar-refractivity contribution in [2.45, 2.75) is 26.2 Å². The molecule has 1 aliphatic heterocycles. The minimum absolute atomic E-state index is 0.168. The molecule has 16 heavy (non-hydrogen) atoms. The van der Waals surface area contributed by atoms with Crippen molar-refractivity contribution in [2.24, 2.45) is 15.4 Å². The number of nitrogens with one attached hydrogen (secondary N) is 1. The lowest BCUT2D eigenvalue weighted by Gasteiger charge is -2.18. The van der Waals surface area contributed by atoms with Crippen molar-refractivity contribution < 1.29 is 5.12 Å². The van der Waals surface area contributed by atoms with E-state index >= 15 is 0 Å². The highest BCUT2D eigenvalue weighted by Gasteiger charge is 2.15. The summed E-state index contributed by atoms with van der Waals surface area (Å²) in [5.41, 5.74) is 2.45. The minimum Gasteiger partial charge on any atom is -0.192 e. The Morgan fingerprint density at radius 1 is 1.12 bits per heavy atom. The summed E-state index contributed by atoms with van der Waals surface area (Å²) in [6.07, 6.45) is 0. The van der Waals surface area contributed by atoms with Crippen molar-refractivity contribution in [3.05, 3.63) is 42.4 Å². The maximum Gasteiger partial charge on any atom is 0.241 e. The van der Waals surface area contributed by atoms with Crippen molar-refractivity contribution in [2.75, 3.05) is 0 Å². The van der Waals surface area contributed by atoms with Crippen molar-refractivity contribution in [1.29, 1.82) is 0 Å². The molecule has 1 atom stereocenters. The number of quaternary nitrogens is 1. The van der Waals surface area contributed by atoms with Crippen LogP contribution in [-0.2, 0) is 5.41 Å². The summed E-state index contributed by atoms with van der Waals surface area (Å²) in [5, 5.41) is 12.4. The zero-order valence-electron chi connectivity index (χ0n) is 9.86. The van der Waals surface area contributed by atoms with Crippen LogP contribution in [0.4, 0.5) is 0 Å². The zero-order valence-corrected chi connectivity index (χ0v) is 9.86. The van der Waals surface area contributed by atoms with Crippen LogP contribution < -0.4 is 5.12 Å². The first kappa shape index (κ1) is 11.0. The first-order chi connectivity index (χ1) is 7.47. The molecule has 1 unspecified atom stereocenters. The van der Waals surface area contributed by atoms with Gasteiger partial charge < -0.3 is 0 Å². The molecular formula is C12H16N4. The van der Waals surface area contributed by atoms with Gasteiger partial charge in [-0.1, -0.05) is 62.3 Å². The SMILES string of the molecule is [CH2-][NH+]1N=NC(c2ccc(C(C)(C)C)cc2)=N1. The Labute approximate surface area is 95.7 Å². The minimum atomic E-state index is 0.168. The molecule has 1 heterocycles. The van der Waals surface area contributed by atoms with E-state index in [1.165, 1.54) is 5.56 Å². The molecule has 0 amide bonds. The fraction of sp³-hybridized carbons (Fsp3) is 0.333. The third kappa shape index (κ3) is 2.17. The average molecular weight is 216 g/mol. The molecule has 84 valence electrons. The fourth-order valence-electron chi connectivity index (χ4n) is 1.51. The van der Waals surface area contributed by atoms with Gasteiger partial charge in [-0.15, -0.1) is 0 Å². The standard InChI is InChI=1S/C12H16N4/c1-12(2,3)10-7-5-9(6-8-10)11-13-15-16(4)14-11/h5-8,16H,4H2,1-3H3. The van der Waals surface area contributed by atoms with Crippen LogP contribution in [0, 0.1) is 7.05 Å². The molecule has 0 radical (unpaired) electrons. The summed E-state index contributed by atoms with van der Waals surface area (Å²) < 4.78 is 0. The monoisotopic (exact) mass is 216 g/mol. The molecule has 0 aromatic heterocycles. The Morgan fingerprint density at radius 3 is 2.19 bits per heavy atom. The predicted octanol–water partition coefficient (Wildman–Crippen LogP) is 1.70. The van der Waals surface area contributed by atoms with Gasteiger partial charge in [-0.2, -0.15) is 5.12 Å². The van der Waals surface area contributed by atoms with Crippen molar-refractivity contribution in [3.8, 4) is 0 Å². The number of amidine groups is 1. The van der Waals surface area contributed by atoms with Gasteiger partial charge in [0, 0.05) is 10.8 Å². The van der Waals surface area contributed by atoms with Gasteiger partial charge in [0.2, 0.25) is 5.84 Å². The molecular weight excluding hydrogens is 200 g/mol. The Morgan fingerprint density at radius 2 is 1.75 bits per heavy atom. The highest BCUT2D eigenvalue weighted by molar-refractivity contribution is 5.98. The molecule has 0 saturated carbocycles. The third-order valence-corrected chi connectivity index (χ3v) is 2.50. The van der Waals surface area contributed by atoms with Crippen LogP contribution in [0.25, 0.3) is 0 Å². The maximum atomic E-state index is 4.14. The molecule has 0 fully saturated rings. The van der Waals surface area contributed by atoms with Crippen LogP contribution in [0.2, 0.25) is 0 Å². The lowest BCUT2D eigenvalue weighted by Crippen LogP contribution is -2.95. The number of hydrogen-bond donors (Lipinski definition) is 1. The quantitative estimate of drug-likeness (QED) is 0.694. The Bertz CT molecular complexity index is 437. The van der Waals surface area contributed by atoms with Gasteiger partial charge in [0.25, 0.3) is 0 Å². The summed E-state index contributed by atoms with van der Waals surface area (Å²) in [6, 6.07) is 8.26. The number of hydrogen-bond acceptors (Lipinski definition) is 3. The smallest absolute Gasteiger partial charge is 0.192 e. The molecule has 1 N–H and O–H groups in total. The van der Waals surface area contributed by atoms with Crippen LogP contribution in [0.3, 0.4) is 0 Å². The maximum absolute atomic E-state index is 4.14. The van der Waals surface area contributed by atoms with E-state index in [0.29, 0.717) is 11.0 Å². The normalized spacial score (nSPS) is 20.0. The second kappa shape index (κ2) is 3.79. The highest BCUT2D eigenvalue weighted by atomic mass is 15.7. The van der Waals surface area contributed by atoms with E-state index in [4.69, 9.17) is 0 Å². The van der Waals surface area contributed by atoms with Gasteiger partial charge in [-0.3, -0.25) is 0 Å². The highest BCUT2D eigenvalue weighted by Crippen LogP contribution is 2.22. The van der Waals surface area contributed by atoms with E-state index in [9.17, 15) is 0 Å². The number of nitrogens with zero attached hydrogens (tertiary/aromatic N) is 3. The summed E-state index contributed by atoms with van der Waals surface area (Å²) in [6.45, 7) is 6.57. The summed E-state index contributed by atoms with van der Waals surface area (Å²) in [5.74, 6) is 0.644. The van der Waals surface area contributed by atoms with E-state index in [1.807, 2.05) is 12.1 Å². The second-order valence-corrected chi connectivity index (χ2v) is 4.88. The number of benzene rings is 1. The third-order valence-electron chi connectivity index (χ3n) is 2.50. The molecule has 0 saturated heterocycles. The van der Waals surface area contributed by atoms with Crippen LogP contribution in [0.1, 0.15) is 31.9 Å². The first-order valence-corrected chi connectivity index (χ1v) is 5.27. The lowest BCUT2D eigenvalue weighted by molar-refractivity contribution is -0.868. The van der Waals surface area contributed by atoms with E-state index in [2.05, 4.69) is 55.4 Å². The molecule has 1 aliphatic rings. The molecule has 0 bridgehead atoms. The fourth-order valence-corrected chi connectivity index (χ4v) is 1.51. The van der Waals surface area contributed by atoms with Gasteiger partial charge in [0.05, 0.1) is 0 Å².